The van der Waals surface area contributed by atoms with Crippen molar-refractivity contribution in [3.05, 3.63) is 76.5 Å². The molecule has 1 aliphatic rings. The number of methoxy groups -OCH3 is 1. The lowest BCUT2D eigenvalue weighted by atomic mass is 10.0. The standard InChI is InChI=1S/C21H20N4O3/c1-28-16-8-6-14(7-9-16)18(13-4-5-13)24-20(26)17-12-23-19(25-21(17)27)15-3-2-10-22-11-15/h2-3,6-13,18H,4-5H2,1H3,(H,24,26)(H,23,25,27). The summed E-state index contributed by atoms with van der Waals surface area (Å²) in [5.41, 5.74) is 1.19. The van der Waals surface area contributed by atoms with E-state index >= 15 is 0 Å². The Balaban J connectivity index is 1.55. The van der Waals surface area contributed by atoms with Gasteiger partial charge in [-0.2, -0.15) is 0 Å². The molecule has 4 rings (SSSR count). The number of rotatable bonds is 6. The summed E-state index contributed by atoms with van der Waals surface area (Å²) < 4.78 is 5.19. The van der Waals surface area contributed by atoms with Crippen molar-refractivity contribution in [1.82, 2.24) is 20.3 Å². The Labute approximate surface area is 161 Å². The predicted molar refractivity (Wildman–Crippen MR) is 104 cm³/mol. The molecule has 1 atom stereocenters. The molecule has 0 bridgehead atoms. The molecule has 1 aliphatic carbocycles. The Morgan fingerprint density at radius 1 is 1.21 bits per heavy atom. The molecule has 142 valence electrons. The predicted octanol–water partition coefficient (Wildman–Crippen LogP) is 2.72. The van der Waals surface area contributed by atoms with E-state index in [1.807, 2.05) is 24.3 Å². The van der Waals surface area contributed by atoms with Gasteiger partial charge in [-0.15, -0.1) is 0 Å². The van der Waals surface area contributed by atoms with Gasteiger partial charge in [-0.1, -0.05) is 12.1 Å². The molecule has 1 amide bonds. The van der Waals surface area contributed by atoms with Crippen molar-refractivity contribution in [3.63, 3.8) is 0 Å². The number of nitrogens with zero attached hydrogens (tertiary/aromatic N) is 2. The van der Waals surface area contributed by atoms with Crippen LogP contribution in [0.1, 0.15) is 34.8 Å². The SMILES string of the molecule is COc1ccc(C(NC(=O)c2cnc(-c3cccnc3)[nH]c2=O)C2CC2)cc1. The number of hydrogen-bond donors (Lipinski definition) is 2. The monoisotopic (exact) mass is 376 g/mol. The van der Waals surface area contributed by atoms with Gasteiger partial charge in [0.05, 0.1) is 13.2 Å². The number of ether oxygens (including phenoxy) is 1. The molecule has 7 nitrogen and oxygen atoms in total. The summed E-state index contributed by atoms with van der Waals surface area (Å²) in [6.07, 6.45) is 6.65. The van der Waals surface area contributed by atoms with Crippen LogP contribution in [0.25, 0.3) is 11.4 Å². The van der Waals surface area contributed by atoms with Gasteiger partial charge >= 0.3 is 0 Å². The minimum Gasteiger partial charge on any atom is -0.497 e. The zero-order valence-electron chi connectivity index (χ0n) is 15.4. The maximum Gasteiger partial charge on any atom is 0.264 e. The molecule has 0 spiro atoms. The zero-order valence-corrected chi connectivity index (χ0v) is 15.4. The molecule has 2 heterocycles. The van der Waals surface area contributed by atoms with E-state index < -0.39 is 11.5 Å². The van der Waals surface area contributed by atoms with E-state index in [0.29, 0.717) is 17.3 Å². The lowest BCUT2D eigenvalue weighted by Gasteiger charge is -2.19. The van der Waals surface area contributed by atoms with Crippen molar-refractivity contribution in [2.45, 2.75) is 18.9 Å². The molecule has 1 unspecified atom stereocenters. The Morgan fingerprint density at radius 3 is 2.61 bits per heavy atom. The molecule has 1 aromatic carbocycles. The van der Waals surface area contributed by atoms with E-state index in [1.165, 1.54) is 6.20 Å². The maximum absolute atomic E-state index is 12.7. The number of aromatic amines is 1. The number of carbonyl (C=O) groups excluding carboxylic acids is 1. The number of nitrogens with one attached hydrogen (secondary N) is 2. The van der Waals surface area contributed by atoms with Gasteiger partial charge in [0.25, 0.3) is 11.5 Å². The second-order valence-corrected chi connectivity index (χ2v) is 6.78. The third-order valence-corrected chi connectivity index (χ3v) is 4.83. The fourth-order valence-corrected chi connectivity index (χ4v) is 3.14. The Bertz CT molecular complexity index is 1030. The normalized spacial score (nSPS) is 14.3. The van der Waals surface area contributed by atoms with E-state index in [-0.39, 0.29) is 11.6 Å². The van der Waals surface area contributed by atoms with Crippen molar-refractivity contribution in [2.24, 2.45) is 5.92 Å². The van der Waals surface area contributed by atoms with Gasteiger partial charge in [-0.25, -0.2) is 4.98 Å². The number of benzene rings is 1. The highest BCUT2D eigenvalue weighted by atomic mass is 16.5. The largest absolute Gasteiger partial charge is 0.497 e. The summed E-state index contributed by atoms with van der Waals surface area (Å²) in [5.74, 6) is 1.08. The van der Waals surface area contributed by atoms with E-state index in [1.54, 1.807) is 31.6 Å². The zero-order chi connectivity index (χ0) is 19.5. The maximum atomic E-state index is 12.7. The van der Waals surface area contributed by atoms with Gasteiger partial charge in [0, 0.05) is 24.2 Å². The van der Waals surface area contributed by atoms with E-state index in [0.717, 1.165) is 24.2 Å². The molecule has 7 heteroatoms. The van der Waals surface area contributed by atoms with Crippen LogP contribution in [0.2, 0.25) is 0 Å². The topological polar surface area (TPSA) is 97.0 Å². The highest BCUT2D eigenvalue weighted by molar-refractivity contribution is 5.94. The second kappa shape index (κ2) is 7.64. The first-order chi connectivity index (χ1) is 13.7. The summed E-state index contributed by atoms with van der Waals surface area (Å²) in [6.45, 7) is 0. The highest BCUT2D eigenvalue weighted by Gasteiger charge is 2.34. The van der Waals surface area contributed by atoms with Crippen molar-refractivity contribution in [1.29, 1.82) is 0 Å². The molecule has 3 aromatic rings. The number of amides is 1. The fraction of sp³-hybridized carbons (Fsp3) is 0.238. The number of aromatic nitrogens is 3. The van der Waals surface area contributed by atoms with Crippen molar-refractivity contribution in [3.8, 4) is 17.1 Å². The van der Waals surface area contributed by atoms with Gasteiger partial charge in [-0.3, -0.25) is 14.6 Å². The molecule has 1 saturated carbocycles. The number of pyridine rings is 1. The van der Waals surface area contributed by atoms with Gasteiger partial charge < -0.3 is 15.0 Å². The summed E-state index contributed by atoms with van der Waals surface area (Å²) in [7, 11) is 1.61. The first kappa shape index (κ1) is 17.9. The average molecular weight is 376 g/mol. The Kier molecular flexibility index (Phi) is 4.89. The van der Waals surface area contributed by atoms with Gasteiger partial charge in [0.2, 0.25) is 0 Å². The number of H-pyrrole nitrogens is 1. The summed E-state index contributed by atoms with van der Waals surface area (Å²) >= 11 is 0. The summed E-state index contributed by atoms with van der Waals surface area (Å²) in [4.78, 5) is 36.1. The third-order valence-electron chi connectivity index (χ3n) is 4.83. The third kappa shape index (κ3) is 3.78. The van der Waals surface area contributed by atoms with Crippen molar-refractivity contribution < 1.29 is 9.53 Å². The van der Waals surface area contributed by atoms with Crippen LogP contribution in [-0.2, 0) is 0 Å². The number of carbonyl (C=O) groups is 1. The van der Waals surface area contributed by atoms with Crippen molar-refractivity contribution in [2.75, 3.05) is 7.11 Å². The lowest BCUT2D eigenvalue weighted by molar-refractivity contribution is 0.0929. The molecule has 28 heavy (non-hydrogen) atoms. The van der Waals surface area contributed by atoms with Crippen LogP contribution in [0.15, 0.2) is 59.8 Å². The van der Waals surface area contributed by atoms with Crippen LogP contribution in [0.4, 0.5) is 0 Å². The summed E-state index contributed by atoms with van der Waals surface area (Å²) in [5, 5.41) is 3.00. The second-order valence-electron chi connectivity index (χ2n) is 6.78. The van der Waals surface area contributed by atoms with Gasteiger partial charge in [0.1, 0.15) is 17.1 Å². The van der Waals surface area contributed by atoms with Crippen LogP contribution < -0.4 is 15.6 Å². The minimum absolute atomic E-state index is 0.00759. The molecule has 0 radical (unpaired) electrons. The fourth-order valence-electron chi connectivity index (χ4n) is 3.14. The lowest BCUT2D eigenvalue weighted by Crippen LogP contribution is -2.34. The Morgan fingerprint density at radius 2 is 2.00 bits per heavy atom. The first-order valence-electron chi connectivity index (χ1n) is 9.10. The molecule has 2 aromatic heterocycles. The first-order valence-corrected chi connectivity index (χ1v) is 9.10. The quantitative estimate of drug-likeness (QED) is 0.689. The van der Waals surface area contributed by atoms with Crippen LogP contribution in [0, 0.1) is 5.92 Å². The van der Waals surface area contributed by atoms with E-state index in [4.69, 9.17) is 4.74 Å². The molecule has 2 N–H and O–H groups in total. The van der Waals surface area contributed by atoms with Gasteiger partial charge in [-0.05, 0) is 48.6 Å². The van der Waals surface area contributed by atoms with E-state index in [9.17, 15) is 9.59 Å². The summed E-state index contributed by atoms with van der Waals surface area (Å²) in [6, 6.07) is 11.0. The average Bonchev–Trinajstić information content (AvgIpc) is 3.58. The highest BCUT2D eigenvalue weighted by Crippen LogP contribution is 2.41. The van der Waals surface area contributed by atoms with Crippen LogP contribution in [0.3, 0.4) is 0 Å². The van der Waals surface area contributed by atoms with Crippen LogP contribution >= 0.6 is 0 Å². The molecular formula is C21H20N4O3. The van der Waals surface area contributed by atoms with Crippen molar-refractivity contribution >= 4 is 5.91 Å². The molecule has 0 saturated heterocycles. The molecular weight excluding hydrogens is 356 g/mol. The molecule has 0 aliphatic heterocycles. The van der Waals surface area contributed by atoms with Crippen LogP contribution in [0.5, 0.6) is 5.75 Å². The van der Waals surface area contributed by atoms with E-state index in [2.05, 4.69) is 20.3 Å². The number of hydrogen-bond acceptors (Lipinski definition) is 5. The minimum atomic E-state index is -0.476. The van der Waals surface area contributed by atoms with Crippen LogP contribution in [-0.4, -0.2) is 28.0 Å². The van der Waals surface area contributed by atoms with Gasteiger partial charge in [0.15, 0.2) is 0 Å². The molecule has 1 fully saturated rings. The Hall–Kier alpha value is -3.48. The smallest absolute Gasteiger partial charge is 0.264 e.